The fourth-order valence-electron chi connectivity index (χ4n) is 2.95. The number of rotatable bonds is 4. The van der Waals surface area contributed by atoms with Crippen molar-refractivity contribution in [3.8, 4) is 6.07 Å². The number of hydrogen-bond acceptors (Lipinski definition) is 4. The first-order valence-corrected chi connectivity index (χ1v) is 8.82. The molecule has 0 bridgehead atoms. The summed E-state index contributed by atoms with van der Waals surface area (Å²) in [5.41, 5.74) is 1.54. The Morgan fingerprint density at radius 3 is 2.64 bits per heavy atom. The molecule has 1 aromatic rings. The molecular formula is C17H21F3N2O2S. The zero-order valence-corrected chi connectivity index (χ0v) is 15.2. The second-order valence-corrected chi connectivity index (χ2v) is 8.39. The van der Waals surface area contributed by atoms with Crippen LogP contribution in [0.1, 0.15) is 43.2 Å². The van der Waals surface area contributed by atoms with Gasteiger partial charge in [-0.25, -0.2) is 0 Å². The molecule has 1 atom stereocenters. The molecule has 1 amide bonds. The van der Waals surface area contributed by atoms with Crippen molar-refractivity contribution in [1.29, 1.82) is 5.26 Å². The van der Waals surface area contributed by atoms with Gasteiger partial charge in [0.1, 0.15) is 24.3 Å². The third kappa shape index (κ3) is 5.19. The van der Waals surface area contributed by atoms with Crippen LogP contribution in [0.25, 0.3) is 0 Å². The number of nitrogens with zero attached hydrogens (tertiary/aromatic N) is 1. The van der Waals surface area contributed by atoms with Gasteiger partial charge in [-0.15, -0.1) is 11.3 Å². The van der Waals surface area contributed by atoms with Gasteiger partial charge in [-0.1, -0.05) is 20.8 Å². The van der Waals surface area contributed by atoms with E-state index in [-0.39, 0.29) is 5.41 Å². The summed E-state index contributed by atoms with van der Waals surface area (Å²) in [5, 5.41) is 12.3. The number of anilines is 1. The molecule has 1 aliphatic carbocycles. The number of carbonyl (C=O) groups is 1. The second kappa shape index (κ2) is 7.34. The van der Waals surface area contributed by atoms with Gasteiger partial charge in [-0.3, -0.25) is 4.79 Å². The van der Waals surface area contributed by atoms with Gasteiger partial charge in [0, 0.05) is 4.88 Å². The monoisotopic (exact) mass is 374 g/mol. The molecule has 1 N–H and O–H groups in total. The van der Waals surface area contributed by atoms with Crippen LogP contribution in [0.3, 0.4) is 0 Å². The molecule has 0 saturated carbocycles. The second-order valence-electron chi connectivity index (χ2n) is 7.28. The van der Waals surface area contributed by atoms with E-state index in [1.165, 1.54) is 11.3 Å². The van der Waals surface area contributed by atoms with E-state index in [0.29, 0.717) is 16.5 Å². The summed E-state index contributed by atoms with van der Waals surface area (Å²) in [7, 11) is 0. The van der Waals surface area contributed by atoms with Gasteiger partial charge in [0.2, 0.25) is 0 Å². The van der Waals surface area contributed by atoms with Gasteiger partial charge in [0.25, 0.3) is 5.91 Å². The molecule has 25 heavy (non-hydrogen) atoms. The predicted octanol–water partition coefficient (Wildman–Crippen LogP) is 4.29. The molecule has 0 saturated heterocycles. The maximum absolute atomic E-state index is 12.0. The lowest BCUT2D eigenvalue weighted by Crippen LogP contribution is -2.26. The van der Waals surface area contributed by atoms with Crippen LogP contribution < -0.4 is 5.32 Å². The summed E-state index contributed by atoms with van der Waals surface area (Å²) >= 11 is 1.34. The number of nitriles is 1. The average Bonchev–Trinajstić information content (AvgIpc) is 2.80. The van der Waals surface area contributed by atoms with E-state index in [1.54, 1.807) is 0 Å². The van der Waals surface area contributed by atoms with Crippen LogP contribution in [0, 0.1) is 22.7 Å². The Labute approximate surface area is 149 Å². The van der Waals surface area contributed by atoms with Crippen molar-refractivity contribution in [3.63, 3.8) is 0 Å². The standard InChI is InChI=1S/C17H21F3N2O2S/c1-16(2,3)10-4-5-11-12(7-21)15(25-13(11)6-10)22-14(23)8-24-9-17(18,19)20/h10H,4-6,8-9H2,1-3H3,(H,22,23)/t10-/m1/s1. The lowest BCUT2D eigenvalue weighted by molar-refractivity contribution is -0.174. The summed E-state index contributed by atoms with van der Waals surface area (Å²) in [6, 6.07) is 2.12. The van der Waals surface area contributed by atoms with Crippen LogP contribution >= 0.6 is 11.3 Å². The van der Waals surface area contributed by atoms with Crippen molar-refractivity contribution in [2.75, 3.05) is 18.5 Å². The quantitative estimate of drug-likeness (QED) is 0.855. The zero-order chi connectivity index (χ0) is 18.8. The normalized spacial score (nSPS) is 17.7. The van der Waals surface area contributed by atoms with Crippen molar-refractivity contribution in [2.24, 2.45) is 11.3 Å². The largest absolute Gasteiger partial charge is 0.411 e. The Balaban J connectivity index is 2.07. The number of carbonyl (C=O) groups excluding carboxylic acids is 1. The van der Waals surface area contributed by atoms with E-state index in [0.717, 1.165) is 29.7 Å². The smallest absolute Gasteiger partial charge is 0.362 e. The SMILES string of the molecule is CC(C)(C)[C@@H]1CCc2c(sc(NC(=O)COCC(F)(F)F)c2C#N)C1. The van der Waals surface area contributed by atoms with Gasteiger partial charge in [-0.05, 0) is 36.2 Å². The van der Waals surface area contributed by atoms with Crippen molar-refractivity contribution in [1.82, 2.24) is 0 Å². The molecule has 0 aliphatic heterocycles. The van der Waals surface area contributed by atoms with E-state index in [2.05, 4.69) is 36.9 Å². The van der Waals surface area contributed by atoms with Crippen molar-refractivity contribution >= 4 is 22.2 Å². The first-order valence-electron chi connectivity index (χ1n) is 8.00. The van der Waals surface area contributed by atoms with Gasteiger partial charge in [0.05, 0.1) is 5.56 Å². The highest BCUT2D eigenvalue weighted by atomic mass is 32.1. The van der Waals surface area contributed by atoms with E-state index in [1.807, 2.05) is 0 Å². The third-order valence-corrected chi connectivity index (χ3v) is 5.52. The Morgan fingerprint density at radius 1 is 1.40 bits per heavy atom. The minimum atomic E-state index is -4.47. The molecule has 0 aromatic carbocycles. The Hall–Kier alpha value is -1.59. The highest BCUT2D eigenvalue weighted by Gasteiger charge is 2.32. The minimum absolute atomic E-state index is 0.156. The van der Waals surface area contributed by atoms with E-state index >= 15 is 0 Å². The number of halogens is 3. The Bertz CT molecular complexity index is 684. The lowest BCUT2D eigenvalue weighted by Gasteiger charge is -2.33. The molecule has 8 heteroatoms. The molecule has 0 spiro atoms. The van der Waals surface area contributed by atoms with Crippen molar-refractivity contribution < 1.29 is 22.7 Å². The van der Waals surface area contributed by atoms with Gasteiger partial charge in [-0.2, -0.15) is 18.4 Å². The maximum atomic E-state index is 12.0. The fourth-order valence-corrected chi connectivity index (χ4v) is 4.25. The van der Waals surface area contributed by atoms with Gasteiger partial charge in [0.15, 0.2) is 0 Å². The summed E-state index contributed by atoms with van der Waals surface area (Å²) in [6.07, 6.45) is -1.87. The third-order valence-electron chi connectivity index (χ3n) is 4.35. The molecule has 1 aliphatic rings. The van der Waals surface area contributed by atoms with Crippen molar-refractivity contribution in [3.05, 3.63) is 16.0 Å². The van der Waals surface area contributed by atoms with E-state index < -0.39 is 25.3 Å². The molecule has 2 rings (SSSR count). The van der Waals surface area contributed by atoms with Crippen LogP contribution in [0.4, 0.5) is 18.2 Å². The summed E-state index contributed by atoms with van der Waals surface area (Å²) < 4.78 is 40.5. The summed E-state index contributed by atoms with van der Waals surface area (Å²) in [6.45, 7) is 4.38. The number of hydrogen-bond donors (Lipinski definition) is 1. The molecule has 4 nitrogen and oxygen atoms in total. The number of fused-ring (bicyclic) bond motifs is 1. The number of nitrogens with one attached hydrogen (secondary N) is 1. The fraction of sp³-hybridized carbons (Fsp3) is 0.647. The molecular weight excluding hydrogens is 353 g/mol. The van der Waals surface area contributed by atoms with E-state index in [4.69, 9.17) is 0 Å². The molecule has 0 unspecified atom stereocenters. The zero-order valence-electron chi connectivity index (χ0n) is 14.4. The average molecular weight is 374 g/mol. The molecule has 138 valence electrons. The Morgan fingerprint density at radius 2 is 2.08 bits per heavy atom. The van der Waals surface area contributed by atoms with Crippen molar-refractivity contribution in [2.45, 2.75) is 46.2 Å². The van der Waals surface area contributed by atoms with E-state index in [9.17, 15) is 23.2 Å². The van der Waals surface area contributed by atoms with Crippen LogP contribution in [-0.2, 0) is 22.4 Å². The van der Waals surface area contributed by atoms with Crippen LogP contribution in [0.5, 0.6) is 0 Å². The van der Waals surface area contributed by atoms with Gasteiger partial charge < -0.3 is 10.1 Å². The van der Waals surface area contributed by atoms with Crippen LogP contribution in [0.2, 0.25) is 0 Å². The first-order chi connectivity index (χ1) is 11.5. The number of thiophene rings is 1. The Kier molecular flexibility index (Phi) is 5.79. The highest BCUT2D eigenvalue weighted by molar-refractivity contribution is 7.16. The topological polar surface area (TPSA) is 62.1 Å². The number of ether oxygens (including phenoxy) is 1. The number of amides is 1. The summed E-state index contributed by atoms with van der Waals surface area (Å²) in [4.78, 5) is 12.9. The van der Waals surface area contributed by atoms with Crippen LogP contribution in [-0.4, -0.2) is 25.3 Å². The molecule has 0 fully saturated rings. The van der Waals surface area contributed by atoms with Gasteiger partial charge >= 0.3 is 6.18 Å². The minimum Gasteiger partial charge on any atom is -0.362 e. The molecule has 1 aromatic heterocycles. The lowest BCUT2D eigenvalue weighted by atomic mass is 9.72. The molecule has 1 heterocycles. The van der Waals surface area contributed by atoms with Crippen LogP contribution in [0.15, 0.2) is 0 Å². The number of alkyl halides is 3. The molecule has 0 radical (unpaired) electrons. The maximum Gasteiger partial charge on any atom is 0.411 e. The summed E-state index contributed by atoms with van der Waals surface area (Å²) in [5.74, 6) is -0.199. The highest BCUT2D eigenvalue weighted by Crippen LogP contribution is 2.43. The first kappa shape index (κ1) is 19.7. The predicted molar refractivity (Wildman–Crippen MR) is 89.5 cm³/mol.